The van der Waals surface area contributed by atoms with Gasteiger partial charge in [0.2, 0.25) is 5.91 Å². The van der Waals surface area contributed by atoms with E-state index in [0.29, 0.717) is 51.2 Å². The van der Waals surface area contributed by atoms with Crippen LogP contribution in [0.15, 0.2) is 24.3 Å². The van der Waals surface area contributed by atoms with Gasteiger partial charge in [-0.25, -0.2) is 0 Å². The van der Waals surface area contributed by atoms with E-state index in [4.69, 9.17) is 10.5 Å². The summed E-state index contributed by atoms with van der Waals surface area (Å²) >= 11 is 0. The molecule has 0 aliphatic carbocycles. The maximum atomic E-state index is 12.6. The van der Waals surface area contributed by atoms with Crippen molar-refractivity contribution in [3.05, 3.63) is 35.4 Å². The average Bonchev–Trinajstić information content (AvgIpc) is 2.67. The van der Waals surface area contributed by atoms with Gasteiger partial charge in [-0.3, -0.25) is 9.59 Å². The van der Waals surface area contributed by atoms with Gasteiger partial charge in [-0.05, 0) is 50.8 Å². The first kappa shape index (κ1) is 23.4. The summed E-state index contributed by atoms with van der Waals surface area (Å²) in [7, 11) is 0. The van der Waals surface area contributed by atoms with Gasteiger partial charge in [0.15, 0.2) is 0 Å². The molecule has 0 saturated carbocycles. The number of halogens is 1. The molecule has 1 fully saturated rings. The second kappa shape index (κ2) is 12.0. The third-order valence-corrected chi connectivity index (χ3v) is 4.66. The molecule has 1 heterocycles. The number of nitrogens with zero attached hydrogens (tertiary/aromatic N) is 1. The van der Waals surface area contributed by atoms with E-state index in [-0.39, 0.29) is 36.2 Å². The summed E-state index contributed by atoms with van der Waals surface area (Å²) in [5.74, 6) is 0.108. The molecule has 0 unspecified atom stereocenters. The molecule has 2 amide bonds. The molecule has 2 rings (SSSR count). The van der Waals surface area contributed by atoms with Crippen LogP contribution in [0, 0.1) is 5.92 Å². The van der Waals surface area contributed by atoms with Crippen LogP contribution in [0.1, 0.15) is 49.0 Å². The first-order chi connectivity index (χ1) is 12.5. The minimum absolute atomic E-state index is 0. The van der Waals surface area contributed by atoms with E-state index >= 15 is 0 Å². The molecule has 6 nitrogen and oxygen atoms in total. The summed E-state index contributed by atoms with van der Waals surface area (Å²) in [5.41, 5.74) is 7.27. The molecule has 1 saturated heterocycles. The molecule has 0 radical (unpaired) electrons. The van der Waals surface area contributed by atoms with Gasteiger partial charge in [0.25, 0.3) is 5.91 Å². The topological polar surface area (TPSA) is 84.7 Å². The van der Waals surface area contributed by atoms with E-state index in [1.54, 1.807) is 0 Å². The van der Waals surface area contributed by atoms with Crippen molar-refractivity contribution in [2.45, 2.75) is 45.8 Å². The second-order valence-electron chi connectivity index (χ2n) is 7.03. The lowest BCUT2D eigenvalue weighted by Crippen LogP contribution is -2.43. The van der Waals surface area contributed by atoms with Crippen LogP contribution >= 0.6 is 12.4 Å². The van der Waals surface area contributed by atoms with Gasteiger partial charge in [0.1, 0.15) is 0 Å². The highest BCUT2D eigenvalue weighted by molar-refractivity contribution is 5.94. The number of likely N-dealkylation sites (tertiary alicyclic amines) is 1. The zero-order chi connectivity index (χ0) is 18.9. The molecule has 3 N–H and O–H groups in total. The monoisotopic (exact) mass is 397 g/mol. The number of carbonyl (C=O) groups is 2. The molecule has 0 aromatic heterocycles. The molecule has 1 aliphatic heterocycles. The van der Waals surface area contributed by atoms with E-state index in [2.05, 4.69) is 5.32 Å². The van der Waals surface area contributed by atoms with Crippen molar-refractivity contribution in [2.75, 3.05) is 26.2 Å². The van der Waals surface area contributed by atoms with E-state index in [1.165, 1.54) is 0 Å². The van der Waals surface area contributed by atoms with Gasteiger partial charge in [-0.15, -0.1) is 12.4 Å². The molecule has 1 aromatic carbocycles. The Morgan fingerprint density at radius 3 is 2.41 bits per heavy atom. The molecule has 0 atom stereocenters. The van der Waals surface area contributed by atoms with Gasteiger partial charge >= 0.3 is 0 Å². The van der Waals surface area contributed by atoms with Crippen LogP contribution in [0.4, 0.5) is 0 Å². The lowest BCUT2D eigenvalue weighted by Gasteiger charge is -2.31. The third-order valence-electron chi connectivity index (χ3n) is 4.66. The summed E-state index contributed by atoms with van der Waals surface area (Å²) < 4.78 is 5.46. The summed E-state index contributed by atoms with van der Waals surface area (Å²) in [6.07, 6.45) is 2.46. The van der Waals surface area contributed by atoms with Crippen LogP contribution < -0.4 is 11.1 Å². The zero-order valence-corrected chi connectivity index (χ0v) is 17.1. The number of nitrogens with two attached hydrogens (primary N) is 1. The molecule has 152 valence electrons. The van der Waals surface area contributed by atoms with E-state index in [0.717, 1.165) is 12.0 Å². The standard InChI is InChI=1S/C20H31N3O3.ClH/c1-15(2)26-13-3-10-22-19(24)17-8-11-23(12-9-17)20(25)18-6-4-16(14-21)5-7-18;/h4-7,15,17H,3,8-14,21H2,1-2H3,(H,22,24);1H. The Bertz CT molecular complexity index is 585. The maximum absolute atomic E-state index is 12.6. The van der Waals surface area contributed by atoms with E-state index < -0.39 is 0 Å². The van der Waals surface area contributed by atoms with Crippen molar-refractivity contribution < 1.29 is 14.3 Å². The summed E-state index contributed by atoms with van der Waals surface area (Å²) in [4.78, 5) is 26.6. The quantitative estimate of drug-likeness (QED) is 0.659. The molecule has 0 spiro atoms. The zero-order valence-electron chi connectivity index (χ0n) is 16.3. The van der Waals surface area contributed by atoms with Crippen molar-refractivity contribution >= 4 is 24.2 Å². The number of benzene rings is 1. The highest BCUT2D eigenvalue weighted by atomic mass is 35.5. The van der Waals surface area contributed by atoms with Crippen molar-refractivity contribution in [1.82, 2.24) is 10.2 Å². The normalized spacial score (nSPS) is 14.7. The molecule has 1 aliphatic rings. The number of piperidine rings is 1. The molecular formula is C20H32ClN3O3. The lowest BCUT2D eigenvalue weighted by molar-refractivity contribution is -0.126. The third kappa shape index (κ3) is 7.48. The number of hydrogen-bond donors (Lipinski definition) is 2. The highest BCUT2D eigenvalue weighted by Crippen LogP contribution is 2.19. The van der Waals surface area contributed by atoms with Crippen LogP contribution in [-0.2, 0) is 16.1 Å². The van der Waals surface area contributed by atoms with Crippen molar-refractivity contribution in [3.63, 3.8) is 0 Å². The number of nitrogens with one attached hydrogen (secondary N) is 1. The number of carbonyl (C=O) groups excluding carboxylic acids is 2. The van der Waals surface area contributed by atoms with E-state index in [9.17, 15) is 9.59 Å². The van der Waals surface area contributed by atoms with E-state index in [1.807, 2.05) is 43.0 Å². The average molecular weight is 398 g/mol. The SMILES string of the molecule is CC(C)OCCCNC(=O)C1CCN(C(=O)c2ccc(CN)cc2)CC1.Cl. The predicted octanol–water partition coefficient (Wildman–Crippen LogP) is 2.35. The van der Waals surface area contributed by atoms with Crippen LogP contribution in [0.5, 0.6) is 0 Å². The summed E-state index contributed by atoms with van der Waals surface area (Å²) in [6, 6.07) is 7.41. The van der Waals surface area contributed by atoms with Crippen molar-refractivity contribution in [2.24, 2.45) is 11.7 Å². The van der Waals surface area contributed by atoms with Gasteiger partial charge in [0, 0.05) is 44.3 Å². The summed E-state index contributed by atoms with van der Waals surface area (Å²) in [6.45, 7) is 7.00. The minimum atomic E-state index is -0.00955. The Hall–Kier alpha value is -1.63. The van der Waals surface area contributed by atoms with Crippen LogP contribution in [0.2, 0.25) is 0 Å². The number of hydrogen-bond acceptors (Lipinski definition) is 4. The molecule has 0 bridgehead atoms. The number of ether oxygens (including phenoxy) is 1. The lowest BCUT2D eigenvalue weighted by atomic mass is 9.95. The van der Waals surface area contributed by atoms with Gasteiger partial charge < -0.3 is 20.7 Å². The van der Waals surface area contributed by atoms with Crippen LogP contribution in [0.25, 0.3) is 0 Å². The Morgan fingerprint density at radius 2 is 1.85 bits per heavy atom. The van der Waals surface area contributed by atoms with Crippen molar-refractivity contribution in [3.8, 4) is 0 Å². The Kier molecular flexibility index (Phi) is 10.4. The smallest absolute Gasteiger partial charge is 0.253 e. The molecule has 7 heteroatoms. The fourth-order valence-corrected chi connectivity index (χ4v) is 3.06. The summed E-state index contributed by atoms with van der Waals surface area (Å²) in [5, 5.41) is 2.98. The predicted molar refractivity (Wildman–Crippen MR) is 109 cm³/mol. The molecule has 27 heavy (non-hydrogen) atoms. The highest BCUT2D eigenvalue weighted by Gasteiger charge is 2.27. The number of rotatable bonds is 8. The first-order valence-electron chi connectivity index (χ1n) is 9.49. The van der Waals surface area contributed by atoms with Gasteiger partial charge in [0.05, 0.1) is 6.10 Å². The van der Waals surface area contributed by atoms with Crippen molar-refractivity contribution in [1.29, 1.82) is 0 Å². The van der Waals surface area contributed by atoms with Crippen LogP contribution in [0.3, 0.4) is 0 Å². The molecule has 1 aromatic rings. The fourth-order valence-electron chi connectivity index (χ4n) is 3.06. The Morgan fingerprint density at radius 1 is 1.22 bits per heavy atom. The largest absolute Gasteiger partial charge is 0.379 e. The Labute approximate surface area is 168 Å². The maximum Gasteiger partial charge on any atom is 0.253 e. The minimum Gasteiger partial charge on any atom is -0.379 e. The fraction of sp³-hybridized carbons (Fsp3) is 0.600. The Balaban J connectivity index is 0.00000364. The second-order valence-corrected chi connectivity index (χ2v) is 7.03. The molecular weight excluding hydrogens is 366 g/mol. The number of amides is 2. The van der Waals surface area contributed by atoms with Crippen LogP contribution in [-0.4, -0.2) is 49.1 Å². The first-order valence-corrected chi connectivity index (χ1v) is 9.49. The van der Waals surface area contributed by atoms with Gasteiger partial charge in [-0.1, -0.05) is 12.1 Å². The van der Waals surface area contributed by atoms with Gasteiger partial charge in [-0.2, -0.15) is 0 Å².